The fourth-order valence-corrected chi connectivity index (χ4v) is 6.40. The number of carboxylic acid groups (broad SMARTS) is 2. The highest BCUT2D eigenvalue weighted by atomic mass is 32.1. The summed E-state index contributed by atoms with van der Waals surface area (Å²) < 4.78 is 63.5. The molecule has 0 bridgehead atoms. The second-order valence-electron chi connectivity index (χ2n) is 10.2. The molecule has 5 heterocycles. The number of likely N-dealkylation sites (tertiary alicyclic amines) is 2. The standard InChI is InChI=1S/C21H28N6OS.2C2HF3O2/c1-2-26-12-6-21(18(26)28)16-27(19-23-7-3-8-24-19)15-20(21)4-10-25(11-5-20)14-17-22-9-13-29-17;2*3-2(4,5)1(6)7/h3,7-9,13H,2,4-6,10-12,14-16H2,1H3;2*(H,6,7). The van der Waals surface area contributed by atoms with Crippen LogP contribution in [0.25, 0.3) is 0 Å². The van der Waals surface area contributed by atoms with Gasteiger partial charge in [-0.1, -0.05) is 0 Å². The van der Waals surface area contributed by atoms with E-state index in [9.17, 15) is 31.1 Å². The van der Waals surface area contributed by atoms with Gasteiger partial charge in [-0.15, -0.1) is 11.3 Å². The number of rotatable bonds is 4. The molecule has 3 aliphatic heterocycles. The summed E-state index contributed by atoms with van der Waals surface area (Å²) in [5.74, 6) is -4.40. The van der Waals surface area contributed by atoms with Crippen molar-refractivity contribution in [1.82, 2.24) is 24.8 Å². The van der Waals surface area contributed by atoms with Crippen molar-refractivity contribution in [2.24, 2.45) is 10.8 Å². The number of anilines is 1. The molecule has 0 radical (unpaired) electrons. The minimum absolute atomic E-state index is 0.00653. The van der Waals surface area contributed by atoms with Gasteiger partial charge in [-0.2, -0.15) is 26.3 Å². The number of piperidine rings is 1. The maximum atomic E-state index is 13.6. The van der Waals surface area contributed by atoms with Crippen molar-refractivity contribution >= 4 is 35.1 Å². The average Bonchev–Trinajstić information content (AvgIpc) is 3.65. The van der Waals surface area contributed by atoms with Crippen molar-refractivity contribution in [3.8, 4) is 0 Å². The number of carbonyl (C=O) groups is 3. The van der Waals surface area contributed by atoms with Gasteiger partial charge in [0.2, 0.25) is 11.9 Å². The van der Waals surface area contributed by atoms with Gasteiger partial charge < -0.3 is 20.0 Å². The number of aliphatic carboxylic acids is 2. The summed E-state index contributed by atoms with van der Waals surface area (Å²) in [5.41, 5.74) is -0.290. The van der Waals surface area contributed by atoms with Crippen LogP contribution in [0.4, 0.5) is 32.3 Å². The first-order valence-corrected chi connectivity index (χ1v) is 13.9. The zero-order chi connectivity index (χ0) is 32.1. The second-order valence-corrected chi connectivity index (χ2v) is 11.2. The monoisotopic (exact) mass is 640 g/mol. The summed E-state index contributed by atoms with van der Waals surface area (Å²) in [6, 6.07) is 1.85. The minimum Gasteiger partial charge on any atom is -0.475 e. The molecule has 3 aliphatic rings. The number of carbonyl (C=O) groups excluding carboxylic acids is 1. The summed E-state index contributed by atoms with van der Waals surface area (Å²) in [6.45, 7) is 8.35. The van der Waals surface area contributed by atoms with Crippen LogP contribution in [0.5, 0.6) is 0 Å². The second kappa shape index (κ2) is 13.4. The van der Waals surface area contributed by atoms with Gasteiger partial charge >= 0.3 is 24.3 Å². The molecule has 43 heavy (non-hydrogen) atoms. The summed E-state index contributed by atoms with van der Waals surface area (Å²) in [5, 5.41) is 17.5. The van der Waals surface area contributed by atoms with Crippen molar-refractivity contribution in [2.45, 2.75) is 45.1 Å². The molecular formula is C25H30F6N6O5S. The number of thiazole rings is 1. The van der Waals surface area contributed by atoms with Crippen molar-refractivity contribution in [1.29, 1.82) is 0 Å². The van der Waals surface area contributed by atoms with E-state index in [1.54, 1.807) is 23.7 Å². The van der Waals surface area contributed by atoms with Crippen molar-refractivity contribution in [2.75, 3.05) is 44.2 Å². The van der Waals surface area contributed by atoms with Crippen molar-refractivity contribution < 1.29 is 50.9 Å². The lowest BCUT2D eigenvalue weighted by Crippen LogP contribution is -2.52. The summed E-state index contributed by atoms with van der Waals surface area (Å²) >= 11 is 1.72. The lowest BCUT2D eigenvalue weighted by Gasteiger charge is -2.46. The highest BCUT2D eigenvalue weighted by Crippen LogP contribution is 2.58. The Labute approximate surface area is 246 Å². The zero-order valence-electron chi connectivity index (χ0n) is 22.9. The number of hydrogen-bond donors (Lipinski definition) is 2. The predicted molar refractivity (Wildman–Crippen MR) is 140 cm³/mol. The molecule has 238 valence electrons. The normalized spacial score (nSPS) is 21.8. The van der Waals surface area contributed by atoms with Crippen LogP contribution < -0.4 is 4.90 Å². The van der Waals surface area contributed by atoms with Gasteiger partial charge in [0.05, 0.1) is 12.0 Å². The highest BCUT2D eigenvalue weighted by Gasteiger charge is 2.65. The van der Waals surface area contributed by atoms with E-state index in [0.717, 1.165) is 71.0 Å². The van der Waals surface area contributed by atoms with E-state index in [-0.39, 0.29) is 10.8 Å². The number of amides is 1. The van der Waals surface area contributed by atoms with E-state index < -0.39 is 24.3 Å². The van der Waals surface area contributed by atoms with Crippen LogP contribution in [-0.2, 0) is 20.9 Å². The molecule has 2 spiro atoms. The number of nitrogens with zero attached hydrogens (tertiary/aromatic N) is 6. The molecule has 2 aromatic rings. The fourth-order valence-electron chi connectivity index (χ4n) is 5.74. The number of fused-ring (bicyclic) bond motifs is 1. The average molecular weight is 641 g/mol. The smallest absolute Gasteiger partial charge is 0.475 e. The Balaban J connectivity index is 0.000000303. The third-order valence-corrected chi connectivity index (χ3v) is 8.60. The van der Waals surface area contributed by atoms with Crippen LogP contribution in [0, 0.1) is 10.8 Å². The van der Waals surface area contributed by atoms with Crippen molar-refractivity contribution in [3.63, 3.8) is 0 Å². The van der Waals surface area contributed by atoms with Gasteiger partial charge in [0.15, 0.2) is 0 Å². The number of hydrogen-bond acceptors (Lipinski definition) is 9. The van der Waals surface area contributed by atoms with Gasteiger partial charge in [-0.3, -0.25) is 9.69 Å². The fraction of sp³-hybridized carbons (Fsp3) is 0.600. The molecular weight excluding hydrogens is 610 g/mol. The largest absolute Gasteiger partial charge is 0.490 e. The van der Waals surface area contributed by atoms with Crippen LogP contribution >= 0.6 is 11.3 Å². The first-order valence-electron chi connectivity index (χ1n) is 13.1. The summed E-state index contributed by atoms with van der Waals surface area (Å²) in [4.78, 5) is 51.6. The number of aromatic nitrogens is 3. The number of carboxylic acids is 2. The van der Waals surface area contributed by atoms with Gasteiger partial charge in [-0.05, 0) is 45.3 Å². The van der Waals surface area contributed by atoms with Crippen LogP contribution in [0.3, 0.4) is 0 Å². The Hall–Kier alpha value is -3.54. The van der Waals surface area contributed by atoms with Crippen molar-refractivity contribution in [3.05, 3.63) is 35.0 Å². The quantitative estimate of drug-likeness (QED) is 0.477. The lowest BCUT2D eigenvalue weighted by molar-refractivity contribution is -0.193. The van der Waals surface area contributed by atoms with Gasteiger partial charge in [-0.25, -0.2) is 24.5 Å². The maximum Gasteiger partial charge on any atom is 0.490 e. The summed E-state index contributed by atoms with van der Waals surface area (Å²) in [6.07, 6.45) is -1.64. The van der Waals surface area contributed by atoms with E-state index in [0.29, 0.717) is 5.91 Å². The molecule has 18 heteroatoms. The molecule has 5 rings (SSSR count). The molecule has 0 aromatic carbocycles. The molecule has 0 saturated carbocycles. The highest BCUT2D eigenvalue weighted by molar-refractivity contribution is 7.09. The van der Waals surface area contributed by atoms with E-state index in [1.807, 2.05) is 17.6 Å². The molecule has 1 atom stereocenters. The Morgan fingerprint density at radius 2 is 1.47 bits per heavy atom. The molecule has 0 aliphatic carbocycles. The lowest BCUT2D eigenvalue weighted by atomic mass is 9.60. The predicted octanol–water partition coefficient (Wildman–Crippen LogP) is 3.54. The van der Waals surface area contributed by atoms with E-state index >= 15 is 0 Å². The summed E-state index contributed by atoms with van der Waals surface area (Å²) in [7, 11) is 0. The van der Waals surface area contributed by atoms with Crippen LogP contribution in [0.15, 0.2) is 30.0 Å². The number of alkyl halides is 6. The van der Waals surface area contributed by atoms with Gasteiger partial charge in [0.1, 0.15) is 5.01 Å². The first kappa shape index (κ1) is 34.0. The maximum absolute atomic E-state index is 13.6. The van der Waals surface area contributed by atoms with Crippen LogP contribution in [0.1, 0.15) is 31.2 Å². The molecule has 11 nitrogen and oxygen atoms in total. The number of halogens is 6. The Bertz CT molecular complexity index is 1220. The Morgan fingerprint density at radius 1 is 0.907 bits per heavy atom. The topological polar surface area (TPSA) is 140 Å². The van der Waals surface area contributed by atoms with E-state index in [2.05, 4.69) is 36.6 Å². The molecule has 2 N–H and O–H groups in total. The first-order chi connectivity index (χ1) is 20.0. The van der Waals surface area contributed by atoms with Crippen LogP contribution in [-0.4, -0.2) is 104 Å². The molecule has 1 amide bonds. The Morgan fingerprint density at radius 3 is 1.91 bits per heavy atom. The molecule has 2 aromatic heterocycles. The minimum atomic E-state index is -5.08. The molecule has 3 saturated heterocycles. The Kier molecular flexibility index (Phi) is 10.6. The molecule has 3 fully saturated rings. The third kappa shape index (κ3) is 7.90. The van der Waals surface area contributed by atoms with Gasteiger partial charge in [0.25, 0.3) is 0 Å². The zero-order valence-corrected chi connectivity index (χ0v) is 23.8. The van der Waals surface area contributed by atoms with Gasteiger partial charge in [0, 0.05) is 55.6 Å². The third-order valence-electron chi connectivity index (χ3n) is 7.83. The van der Waals surface area contributed by atoms with E-state index in [1.165, 1.54) is 5.01 Å². The van der Waals surface area contributed by atoms with E-state index in [4.69, 9.17) is 19.8 Å². The van der Waals surface area contributed by atoms with Crippen LogP contribution in [0.2, 0.25) is 0 Å². The molecule has 1 unspecified atom stereocenters. The SMILES string of the molecule is CCN1CCC2(CN(c3ncccn3)CC23CCN(Cc2nccs2)CC3)C1=O.O=C(O)C(F)(F)F.O=C(O)C(F)(F)F.